The first kappa shape index (κ1) is 16.5. The lowest BCUT2D eigenvalue weighted by Gasteiger charge is -2.27. The van der Waals surface area contributed by atoms with E-state index >= 15 is 0 Å². The molecule has 1 amide bonds. The van der Waals surface area contributed by atoms with Crippen LogP contribution in [0.2, 0.25) is 0 Å². The maximum absolute atomic E-state index is 13.3. The van der Waals surface area contributed by atoms with E-state index in [1.54, 1.807) is 13.0 Å². The molecule has 2 N–H and O–H groups in total. The van der Waals surface area contributed by atoms with Gasteiger partial charge in [-0.1, -0.05) is 31.7 Å². The van der Waals surface area contributed by atoms with E-state index in [4.69, 9.17) is 0 Å². The van der Waals surface area contributed by atoms with Crippen LogP contribution in [0.4, 0.5) is 10.1 Å². The molecule has 1 aliphatic carbocycles. The molecule has 0 atom stereocenters. The molecule has 0 spiro atoms. The molecule has 0 unspecified atom stereocenters. The second kappa shape index (κ2) is 6.90. The molecule has 1 saturated carbocycles. The van der Waals surface area contributed by atoms with Gasteiger partial charge in [-0.25, -0.2) is 4.39 Å². The predicted molar refractivity (Wildman–Crippen MR) is 82.2 cm³/mol. The smallest absolute Gasteiger partial charge is 0.310 e. The van der Waals surface area contributed by atoms with E-state index < -0.39 is 17.2 Å². The summed E-state index contributed by atoms with van der Waals surface area (Å²) in [6.45, 7) is 1.77. The number of carbonyl (C=O) groups excluding carboxylic acids is 1. The molecule has 0 heterocycles. The Morgan fingerprint density at radius 2 is 1.86 bits per heavy atom. The summed E-state index contributed by atoms with van der Waals surface area (Å²) in [6, 6.07) is 4.17. The summed E-state index contributed by atoms with van der Waals surface area (Å²) in [5, 5.41) is 12.2. The van der Waals surface area contributed by atoms with Crippen molar-refractivity contribution < 1.29 is 19.1 Å². The molecule has 0 aliphatic heterocycles. The average Bonchev–Trinajstić information content (AvgIpc) is 2.69. The molecule has 120 valence electrons. The van der Waals surface area contributed by atoms with Crippen molar-refractivity contribution in [2.45, 2.75) is 51.9 Å². The van der Waals surface area contributed by atoms with Crippen LogP contribution in [0.15, 0.2) is 18.2 Å². The number of hydrogen-bond donors (Lipinski definition) is 2. The minimum Gasteiger partial charge on any atom is -0.481 e. The number of rotatable bonds is 4. The quantitative estimate of drug-likeness (QED) is 0.829. The molecule has 5 heteroatoms. The average molecular weight is 307 g/mol. The van der Waals surface area contributed by atoms with Gasteiger partial charge in [-0.2, -0.15) is 0 Å². The first-order chi connectivity index (χ1) is 10.4. The molecule has 1 aliphatic rings. The van der Waals surface area contributed by atoms with Gasteiger partial charge >= 0.3 is 5.97 Å². The lowest BCUT2D eigenvalue weighted by Crippen LogP contribution is -2.35. The lowest BCUT2D eigenvalue weighted by atomic mass is 9.77. The Bertz CT molecular complexity index is 563. The van der Waals surface area contributed by atoms with Crippen molar-refractivity contribution in [1.29, 1.82) is 0 Å². The van der Waals surface area contributed by atoms with E-state index in [0.29, 0.717) is 18.5 Å². The van der Waals surface area contributed by atoms with Crippen LogP contribution >= 0.6 is 0 Å². The first-order valence-corrected chi connectivity index (χ1v) is 7.72. The number of hydrogen-bond acceptors (Lipinski definition) is 2. The number of aliphatic carboxylic acids is 1. The number of carboxylic acid groups (broad SMARTS) is 1. The van der Waals surface area contributed by atoms with E-state index in [2.05, 4.69) is 5.32 Å². The van der Waals surface area contributed by atoms with Crippen molar-refractivity contribution in [3.63, 3.8) is 0 Å². The van der Waals surface area contributed by atoms with Crippen LogP contribution in [0.5, 0.6) is 0 Å². The fourth-order valence-corrected chi connectivity index (χ4v) is 3.10. The number of benzene rings is 1. The Morgan fingerprint density at radius 3 is 2.45 bits per heavy atom. The Balaban J connectivity index is 2.11. The summed E-state index contributed by atoms with van der Waals surface area (Å²) in [5.74, 6) is -1.69. The van der Waals surface area contributed by atoms with Crippen LogP contribution < -0.4 is 5.32 Å². The SMILES string of the molecule is Cc1ccc(F)cc1NC(=O)CC1(C(=O)O)CCCCCC1. The highest BCUT2D eigenvalue weighted by Gasteiger charge is 2.40. The van der Waals surface area contributed by atoms with Crippen molar-refractivity contribution >= 4 is 17.6 Å². The van der Waals surface area contributed by atoms with Gasteiger partial charge in [0.05, 0.1) is 5.41 Å². The third kappa shape index (κ3) is 3.84. The molecular weight excluding hydrogens is 285 g/mol. The largest absolute Gasteiger partial charge is 0.481 e. The van der Waals surface area contributed by atoms with Crippen molar-refractivity contribution in [2.24, 2.45) is 5.41 Å². The summed E-state index contributed by atoms with van der Waals surface area (Å²) in [7, 11) is 0. The molecule has 0 bridgehead atoms. The monoisotopic (exact) mass is 307 g/mol. The predicted octanol–water partition coefficient (Wildman–Crippen LogP) is 3.89. The van der Waals surface area contributed by atoms with Crippen molar-refractivity contribution in [1.82, 2.24) is 0 Å². The maximum Gasteiger partial charge on any atom is 0.310 e. The molecule has 0 saturated heterocycles. The summed E-state index contributed by atoms with van der Waals surface area (Å²) >= 11 is 0. The number of halogens is 1. The van der Waals surface area contributed by atoms with Crippen LogP contribution in [-0.4, -0.2) is 17.0 Å². The van der Waals surface area contributed by atoms with Crippen molar-refractivity contribution in [3.05, 3.63) is 29.6 Å². The minimum atomic E-state index is -0.984. The van der Waals surface area contributed by atoms with Crippen molar-refractivity contribution in [2.75, 3.05) is 5.32 Å². The third-order valence-corrected chi connectivity index (χ3v) is 4.49. The van der Waals surface area contributed by atoms with Gasteiger partial charge in [0.15, 0.2) is 0 Å². The van der Waals surface area contributed by atoms with E-state index in [1.807, 2.05) is 0 Å². The molecule has 2 rings (SSSR count). The van der Waals surface area contributed by atoms with Gasteiger partial charge in [-0.05, 0) is 37.5 Å². The Hall–Kier alpha value is -1.91. The molecule has 1 aromatic rings. The number of aryl methyl sites for hydroxylation is 1. The molecule has 0 aromatic heterocycles. The zero-order valence-corrected chi connectivity index (χ0v) is 12.8. The lowest BCUT2D eigenvalue weighted by molar-refractivity contribution is -0.152. The minimum absolute atomic E-state index is 0.0573. The van der Waals surface area contributed by atoms with Gasteiger partial charge in [0, 0.05) is 12.1 Å². The second-order valence-electron chi connectivity index (χ2n) is 6.18. The summed E-state index contributed by atoms with van der Waals surface area (Å²) in [4.78, 5) is 24.0. The highest BCUT2D eigenvalue weighted by atomic mass is 19.1. The Morgan fingerprint density at radius 1 is 1.23 bits per heavy atom. The molecule has 0 radical (unpaired) electrons. The Kier molecular flexibility index (Phi) is 5.16. The number of nitrogens with one attached hydrogen (secondary N) is 1. The van der Waals surface area contributed by atoms with Crippen LogP contribution in [-0.2, 0) is 9.59 Å². The van der Waals surface area contributed by atoms with E-state index in [0.717, 1.165) is 31.2 Å². The van der Waals surface area contributed by atoms with E-state index in [9.17, 15) is 19.1 Å². The number of carboxylic acids is 1. The zero-order valence-electron chi connectivity index (χ0n) is 12.8. The number of amides is 1. The second-order valence-corrected chi connectivity index (χ2v) is 6.18. The van der Waals surface area contributed by atoms with Crippen LogP contribution in [0.1, 0.15) is 50.5 Å². The Labute approximate surface area is 129 Å². The summed E-state index contributed by atoms with van der Waals surface area (Å²) in [5.41, 5.74) is 0.168. The van der Waals surface area contributed by atoms with Crippen molar-refractivity contribution in [3.8, 4) is 0 Å². The summed E-state index contributed by atoms with van der Waals surface area (Å²) in [6.07, 6.45) is 4.69. The fraction of sp³-hybridized carbons (Fsp3) is 0.529. The topological polar surface area (TPSA) is 66.4 Å². The van der Waals surface area contributed by atoms with E-state index in [1.165, 1.54) is 12.1 Å². The van der Waals surface area contributed by atoms with E-state index in [-0.39, 0.29) is 12.3 Å². The van der Waals surface area contributed by atoms with Crippen LogP contribution in [0, 0.1) is 18.2 Å². The normalized spacial score (nSPS) is 17.5. The van der Waals surface area contributed by atoms with Gasteiger partial charge in [0.2, 0.25) is 5.91 Å². The van der Waals surface area contributed by atoms with Crippen LogP contribution in [0.3, 0.4) is 0 Å². The first-order valence-electron chi connectivity index (χ1n) is 7.72. The maximum atomic E-state index is 13.3. The molecule has 1 aromatic carbocycles. The molecule has 4 nitrogen and oxygen atoms in total. The molecular formula is C17H22FNO3. The van der Waals surface area contributed by atoms with Gasteiger partial charge in [-0.15, -0.1) is 0 Å². The van der Waals surface area contributed by atoms with Gasteiger partial charge in [0.1, 0.15) is 5.82 Å². The van der Waals surface area contributed by atoms with Gasteiger partial charge in [-0.3, -0.25) is 9.59 Å². The van der Waals surface area contributed by atoms with Gasteiger partial charge in [0.25, 0.3) is 0 Å². The highest BCUT2D eigenvalue weighted by molar-refractivity contribution is 5.94. The van der Waals surface area contributed by atoms with Gasteiger partial charge < -0.3 is 10.4 Å². The fourth-order valence-electron chi connectivity index (χ4n) is 3.10. The molecule has 1 fully saturated rings. The highest BCUT2D eigenvalue weighted by Crippen LogP contribution is 2.38. The zero-order chi connectivity index (χ0) is 16.2. The molecule has 22 heavy (non-hydrogen) atoms. The van der Waals surface area contributed by atoms with Crippen LogP contribution in [0.25, 0.3) is 0 Å². The third-order valence-electron chi connectivity index (χ3n) is 4.49. The number of carbonyl (C=O) groups is 2. The standard InChI is InChI=1S/C17H22FNO3/c1-12-6-7-13(18)10-14(12)19-15(20)11-17(16(21)22)8-4-2-3-5-9-17/h6-7,10H,2-5,8-9,11H2,1H3,(H,19,20)(H,21,22). The number of anilines is 1. The summed E-state index contributed by atoms with van der Waals surface area (Å²) < 4.78 is 13.3.